The van der Waals surface area contributed by atoms with Crippen LogP contribution in [-0.2, 0) is 9.53 Å². The highest BCUT2D eigenvalue weighted by atomic mass is 127. The quantitative estimate of drug-likeness (QED) is 0.0892. The maximum Gasteiger partial charge on any atom is 0.337 e. The third kappa shape index (κ3) is 7.44. The number of hydrogen-bond donors (Lipinski definition) is 4. The Morgan fingerprint density at radius 2 is 1.92 bits per heavy atom. The van der Waals surface area contributed by atoms with Crippen molar-refractivity contribution >= 4 is 40.8 Å². The zero-order valence-electron chi connectivity index (χ0n) is 22.2. The number of aliphatic hydroxyl groups is 1. The predicted octanol–water partition coefficient (Wildman–Crippen LogP) is 2.83. The van der Waals surface area contributed by atoms with Gasteiger partial charge >= 0.3 is 12.0 Å². The Balaban J connectivity index is 1.70. The minimum atomic E-state index is -1.13. The number of nitrogens with one attached hydrogen (secondary N) is 3. The van der Waals surface area contributed by atoms with Gasteiger partial charge < -0.3 is 39.4 Å². The SMILES string of the molecule is CCOc1cc([C@H]2NC(=O)NC(C)=C2C(=O)OC)ccc1OC[C@H](O)N/N=C\c1cc(I)c(OC)c(OC)c1. The number of methoxy groups -OCH3 is 3. The third-order valence-electron chi connectivity index (χ3n) is 5.57. The first-order valence-electron chi connectivity index (χ1n) is 11.9. The van der Waals surface area contributed by atoms with E-state index in [1.54, 1.807) is 45.4 Å². The van der Waals surface area contributed by atoms with Crippen LogP contribution in [0.2, 0.25) is 0 Å². The van der Waals surface area contributed by atoms with Crippen LogP contribution in [0.4, 0.5) is 4.79 Å². The molecule has 2 aromatic rings. The normalized spacial score (nSPS) is 15.8. The average molecular weight is 654 g/mol. The largest absolute Gasteiger partial charge is 0.493 e. The minimum Gasteiger partial charge on any atom is -0.493 e. The van der Waals surface area contributed by atoms with E-state index in [0.29, 0.717) is 40.9 Å². The first kappa shape index (κ1) is 29.8. The highest BCUT2D eigenvalue weighted by molar-refractivity contribution is 14.1. The number of carbonyl (C=O) groups excluding carboxylic acids is 2. The predicted molar refractivity (Wildman–Crippen MR) is 151 cm³/mol. The molecule has 2 aromatic carbocycles. The molecule has 4 N–H and O–H groups in total. The fourth-order valence-corrected chi connectivity index (χ4v) is 4.68. The summed E-state index contributed by atoms with van der Waals surface area (Å²) in [5, 5.41) is 19.7. The number of hydrazone groups is 1. The molecular formula is C26H31IN4O8. The van der Waals surface area contributed by atoms with E-state index < -0.39 is 24.3 Å². The molecule has 1 aliphatic rings. The zero-order chi connectivity index (χ0) is 28.5. The molecule has 0 bridgehead atoms. The Morgan fingerprint density at radius 1 is 1.15 bits per heavy atom. The summed E-state index contributed by atoms with van der Waals surface area (Å²) in [4.78, 5) is 24.5. The van der Waals surface area contributed by atoms with Crippen molar-refractivity contribution in [3.63, 3.8) is 0 Å². The standard InChI is InChI=1S/C26H31IN4O8/c1-6-38-19-11-16(23-22(25(33)37-5)14(2)29-26(34)30-23)7-8-18(19)39-13-21(32)31-28-12-15-9-17(27)24(36-4)20(10-15)35-3/h7-12,21,23,31-32H,6,13H2,1-5H3,(H2,29,30,34)/b28-12-/t21-,23+/m0/s1. The Hall–Kier alpha value is -3.72. The number of allylic oxidation sites excluding steroid dienone is 1. The molecule has 0 radical (unpaired) electrons. The van der Waals surface area contributed by atoms with Crippen molar-refractivity contribution < 1.29 is 38.4 Å². The van der Waals surface area contributed by atoms with Crippen LogP contribution < -0.4 is 35.0 Å². The highest BCUT2D eigenvalue weighted by Crippen LogP contribution is 2.35. The van der Waals surface area contributed by atoms with Crippen molar-refractivity contribution in [3.05, 3.63) is 56.3 Å². The smallest absolute Gasteiger partial charge is 0.337 e. The number of carbonyl (C=O) groups is 2. The van der Waals surface area contributed by atoms with E-state index in [1.807, 2.05) is 13.0 Å². The van der Waals surface area contributed by atoms with Gasteiger partial charge in [-0.05, 0) is 71.8 Å². The topological polar surface area (TPSA) is 149 Å². The molecule has 1 heterocycles. The van der Waals surface area contributed by atoms with Gasteiger partial charge in [0.2, 0.25) is 0 Å². The summed E-state index contributed by atoms with van der Waals surface area (Å²) in [7, 11) is 4.39. The van der Waals surface area contributed by atoms with E-state index in [9.17, 15) is 14.7 Å². The van der Waals surface area contributed by atoms with Gasteiger partial charge in [-0.1, -0.05) is 6.07 Å². The maximum absolute atomic E-state index is 12.4. The van der Waals surface area contributed by atoms with E-state index >= 15 is 0 Å². The number of benzene rings is 2. The fraction of sp³-hybridized carbons (Fsp3) is 0.346. The summed E-state index contributed by atoms with van der Waals surface area (Å²) in [5.74, 6) is 1.36. The number of amides is 2. The van der Waals surface area contributed by atoms with E-state index in [2.05, 4.69) is 43.8 Å². The van der Waals surface area contributed by atoms with Crippen LogP contribution in [0.5, 0.6) is 23.0 Å². The first-order chi connectivity index (χ1) is 18.7. The lowest BCUT2D eigenvalue weighted by molar-refractivity contribution is -0.136. The van der Waals surface area contributed by atoms with Crippen molar-refractivity contribution in [2.75, 3.05) is 34.5 Å². The number of nitrogens with zero attached hydrogens (tertiary/aromatic N) is 1. The van der Waals surface area contributed by atoms with Gasteiger partial charge in [-0.2, -0.15) is 5.10 Å². The minimum absolute atomic E-state index is 0.142. The number of aliphatic hydroxyl groups excluding tert-OH is 1. The van der Waals surface area contributed by atoms with Gasteiger partial charge in [0, 0.05) is 5.70 Å². The molecule has 0 unspecified atom stereocenters. The molecule has 210 valence electrons. The third-order valence-corrected chi connectivity index (χ3v) is 6.37. The van der Waals surface area contributed by atoms with Crippen LogP contribution >= 0.6 is 22.6 Å². The Kier molecular flexibility index (Phi) is 10.6. The molecule has 2 atom stereocenters. The Morgan fingerprint density at radius 3 is 2.59 bits per heavy atom. The van der Waals surface area contributed by atoms with Gasteiger partial charge in [-0.15, -0.1) is 0 Å². The molecule has 2 amide bonds. The van der Waals surface area contributed by atoms with Gasteiger partial charge in [-0.3, -0.25) is 5.43 Å². The summed E-state index contributed by atoms with van der Waals surface area (Å²) < 4.78 is 27.9. The summed E-state index contributed by atoms with van der Waals surface area (Å²) in [6, 6.07) is 7.43. The van der Waals surface area contributed by atoms with Crippen LogP contribution in [0.25, 0.3) is 0 Å². The van der Waals surface area contributed by atoms with Crippen LogP contribution in [0.15, 0.2) is 46.7 Å². The molecule has 12 nitrogen and oxygen atoms in total. The van der Waals surface area contributed by atoms with Gasteiger partial charge in [0.1, 0.15) is 6.61 Å². The summed E-state index contributed by atoms with van der Waals surface area (Å²) in [5.41, 5.74) is 4.61. The first-order valence-corrected chi connectivity index (χ1v) is 12.9. The molecule has 0 fully saturated rings. The second-order valence-corrected chi connectivity index (χ2v) is 9.32. The molecule has 0 saturated heterocycles. The monoisotopic (exact) mass is 654 g/mol. The number of rotatable bonds is 12. The van der Waals surface area contributed by atoms with Crippen molar-refractivity contribution in [1.82, 2.24) is 16.1 Å². The Bertz CT molecular complexity index is 1270. The zero-order valence-corrected chi connectivity index (χ0v) is 24.3. The van der Waals surface area contributed by atoms with Crippen molar-refractivity contribution in [2.45, 2.75) is 26.1 Å². The van der Waals surface area contributed by atoms with Crippen LogP contribution in [0.3, 0.4) is 0 Å². The molecular weight excluding hydrogens is 623 g/mol. The lowest BCUT2D eigenvalue weighted by atomic mass is 9.95. The second kappa shape index (κ2) is 13.9. The summed E-state index contributed by atoms with van der Waals surface area (Å²) in [6.45, 7) is 3.64. The van der Waals surface area contributed by atoms with E-state index in [-0.39, 0.29) is 12.2 Å². The van der Waals surface area contributed by atoms with Crippen molar-refractivity contribution in [2.24, 2.45) is 5.10 Å². The van der Waals surface area contributed by atoms with Crippen LogP contribution in [0, 0.1) is 3.57 Å². The molecule has 0 aliphatic carbocycles. The lowest BCUT2D eigenvalue weighted by Gasteiger charge is -2.28. The van der Waals surface area contributed by atoms with E-state index in [0.717, 1.165) is 9.13 Å². The van der Waals surface area contributed by atoms with Gasteiger partial charge in [0.05, 0.1) is 49.3 Å². The molecule has 39 heavy (non-hydrogen) atoms. The lowest BCUT2D eigenvalue weighted by Crippen LogP contribution is -2.45. The number of hydrogen-bond acceptors (Lipinski definition) is 10. The highest BCUT2D eigenvalue weighted by Gasteiger charge is 2.32. The van der Waals surface area contributed by atoms with E-state index in [4.69, 9.17) is 23.7 Å². The molecule has 3 rings (SSSR count). The molecule has 0 saturated carbocycles. The van der Waals surface area contributed by atoms with E-state index in [1.165, 1.54) is 13.3 Å². The van der Waals surface area contributed by atoms with Gasteiger partial charge in [0.25, 0.3) is 0 Å². The van der Waals surface area contributed by atoms with Gasteiger partial charge in [0.15, 0.2) is 29.2 Å². The van der Waals surface area contributed by atoms with Gasteiger partial charge in [-0.25, -0.2) is 9.59 Å². The average Bonchev–Trinajstić information content (AvgIpc) is 2.91. The molecule has 0 spiro atoms. The number of esters is 1. The number of urea groups is 1. The molecule has 13 heteroatoms. The molecule has 0 aromatic heterocycles. The maximum atomic E-state index is 12.4. The van der Waals surface area contributed by atoms with Crippen LogP contribution in [0.1, 0.15) is 31.0 Å². The van der Waals surface area contributed by atoms with Crippen molar-refractivity contribution in [1.29, 1.82) is 0 Å². The summed E-state index contributed by atoms with van der Waals surface area (Å²) >= 11 is 2.14. The fourth-order valence-electron chi connectivity index (χ4n) is 3.83. The second-order valence-electron chi connectivity index (χ2n) is 8.15. The number of halogens is 1. The van der Waals surface area contributed by atoms with Crippen LogP contribution in [-0.4, -0.2) is 64.1 Å². The Labute approximate surface area is 239 Å². The summed E-state index contributed by atoms with van der Waals surface area (Å²) in [6.07, 6.45) is 0.407. The molecule has 1 aliphatic heterocycles. The number of ether oxygens (including phenoxy) is 5. The van der Waals surface area contributed by atoms with Crippen molar-refractivity contribution in [3.8, 4) is 23.0 Å².